The van der Waals surface area contributed by atoms with E-state index in [0.29, 0.717) is 17.9 Å². The van der Waals surface area contributed by atoms with Gasteiger partial charge in [-0.2, -0.15) is 0 Å². The molecule has 13 heavy (non-hydrogen) atoms. The molecule has 2 atom stereocenters. The Labute approximate surface area is 81.0 Å². The van der Waals surface area contributed by atoms with Crippen molar-refractivity contribution in [2.24, 2.45) is 5.73 Å². The summed E-state index contributed by atoms with van der Waals surface area (Å²) in [5.74, 6) is 0.0310. The molecule has 0 bridgehead atoms. The van der Waals surface area contributed by atoms with E-state index in [1.54, 1.807) is 0 Å². The van der Waals surface area contributed by atoms with Crippen LogP contribution in [0.4, 0.5) is 0 Å². The zero-order valence-corrected chi connectivity index (χ0v) is 8.68. The molecule has 0 saturated heterocycles. The summed E-state index contributed by atoms with van der Waals surface area (Å²) in [7, 11) is -0.900. The maximum atomic E-state index is 11.2. The molecule has 0 aliphatic carbocycles. The van der Waals surface area contributed by atoms with Gasteiger partial charge in [0.25, 0.3) is 0 Å². The molecule has 0 rings (SSSR count). The fourth-order valence-corrected chi connectivity index (χ4v) is 2.12. The van der Waals surface area contributed by atoms with Crippen molar-refractivity contribution < 1.29 is 14.1 Å². The van der Waals surface area contributed by atoms with Gasteiger partial charge in [-0.25, -0.2) is 0 Å². The molecular formula is C8H17NO3S. The van der Waals surface area contributed by atoms with Crippen LogP contribution in [0.2, 0.25) is 0 Å². The van der Waals surface area contributed by atoms with E-state index >= 15 is 0 Å². The number of unbranched alkanes of at least 4 members (excludes halogenated alkanes) is 1. The number of carboxylic acid groups (broad SMARTS) is 1. The first kappa shape index (κ1) is 12.6. The van der Waals surface area contributed by atoms with Crippen LogP contribution in [0.1, 0.15) is 26.2 Å². The van der Waals surface area contributed by atoms with E-state index in [0.717, 1.165) is 12.8 Å². The van der Waals surface area contributed by atoms with Crippen LogP contribution in [0, 0.1) is 0 Å². The SMILES string of the molecule is CCCCS(=O)CC[C@H](N)C(=O)O. The van der Waals surface area contributed by atoms with Gasteiger partial charge in [-0.1, -0.05) is 13.3 Å². The third-order valence-electron chi connectivity index (χ3n) is 1.70. The maximum Gasteiger partial charge on any atom is 0.320 e. The van der Waals surface area contributed by atoms with Crippen molar-refractivity contribution >= 4 is 16.8 Å². The molecule has 0 fully saturated rings. The smallest absolute Gasteiger partial charge is 0.320 e. The minimum absolute atomic E-state index is 0.297. The van der Waals surface area contributed by atoms with Crippen LogP contribution in [-0.4, -0.2) is 32.8 Å². The second-order valence-corrected chi connectivity index (χ2v) is 4.63. The number of carbonyl (C=O) groups is 1. The van der Waals surface area contributed by atoms with Crippen molar-refractivity contribution in [3.63, 3.8) is 0 Å². The lowest BCUT2D eigenvalue weighted by Gasteiger charge is -2.05. The van der Waals surface area contributed by atoms with Gasteiger partial charge in [-0.05, 0) is 12.8 Å². The Morgan fingerprint density at radius 3 is 2.62 bits per heavy atom. The monoisotopic (exact) mass is 207 g/mol. The van der Waals surface area contributed by atoms with Crippen molar-refractivity contribution in [3.8, 4) is 0 Å². The average Bonchev–Trinajstić information content (AvgIpc) is 2.10. The van der Waals surface area contributed by atoms with Crippen LogP contribution in [0.25, 0.3) is 0 Å². The summed E-state index contributed by atoms with van der Waals surface area (Å²) in [6, 6.07) is -0.870. The van der Waals surface area contributed by atoms with Crippen LogP contribution in [0.3, 0.4) is 0 Å². The van der Waals surface area contributed by atoms with Crippen LogP contribution < -0.4 is 5.73 Å². The van der Waals surface area contributed by atoms with Crippen molar-refractivity contribution in [2.75, 3.05) is 11.5 Å². The zero-order valence-electron chi connectivity index (χ0n) is 7.86. The standard InChI is InChI=1S/C8H17NO3S/c1-2-3-5-13(12)6-4-7(9)8(10)11/h7H,2-6,9H2,1H3,(H,10,11)/t7-,13?/m0/s1. The Morgan fingerprint density at radius 1 is 1.54 bits per heavy atom. The summed E-state index contributed by atoms with van der Waals surface area (Å²) in [5, 5.41) is 8.45. The maximum absolute atomic E-state index is 11.2. The van der Waals surface area contributed by atoms with E-state index < -0.39 is 22.8 Å². The molecule has 5 heteroatoms. The second kappa shape index (κ2) is 7.03. The van der Waals surface area contributed by atoms with Crippen LogP contribution >= 0.6 is 0 Å². The molecule has 0 aromatic rings. The number of nitrogens with two attached hydrogens (primary N) is 1. The first-order chi connectivity index (χ1) is 6.07. The van der Waals surface area contributed by atoms with E-state index in [2.05, 4.69) is 0 Å². The van der Waals surface area contributed by atoms with E-state index in [9.17, 15) is 9.00 Å². The predicted molar refractivity (Wildman–Crippen MR) is 53.0 cm³/mol. The molecule has 0 aliphatic heterocycles. The van der Waals surface area contributed by atoms with E-state index in [-0.39, 0.29) is 0 Å². The Hall–Kier alpha value is -0.420. The van der Waals surface area contributed by atoms with Gasteiger partial charge in [-0.3, -0.25) is 9.00 Å². The first-order valence-corrected chi connectivity index (χ1v) is 5.90. The molecule has 78 valence electrons. The second-order valence-electron chi connectivity index (χ2n) is 2.94. The van der Waals surface area contributed by atoms with Gasteiger partial charge in [0.15, 0.2) is 0 Å². The number of carboxylic acids is 1. The summed E-state index contributed by atoms with van der Waals surface area (Å²) in [6.45, 7) is 2.03. The Morgan fingerprint density at radius 2 is 2.15 bits per heavy atom. The first-order valence-electron chi connectivity index (χ1n) is 4.41. The average molecular weight is 207 g/mol. The molecule has 4 nitrogen and oxygen atoms in total. The van der Waals surface area contributed by atoms with Gasteiger partial charge < -0.3 is 10.8 Å². The molecule has 0 spiro atoms. The Kier molecular flexibility index (Phi) is 6.80. The highest BCUT2D eigenvalue weighted by atomic mass is 32.2. The van der Waals surface area contributed by atoms with E-state index in [4.69, 9.17) is 10.8 Å². The van der Waals surface area contributed by atoms with E-state index in [1.165, 1.54) is 0 Å². The highest BCUT2D eigenvalue weighted by Gasteiger charge is 2.12. The normalized spacial score (nSPS) is 15.2. The minimum Gasteiger partial charge on any atom is -0.480 e. The fraction of sp³-hybridized carbons (Fsp3) is 0.875. The summed E-state index contributed by atoms with van der Waals surface area (Å²) in [4.78, 5) is 10.3. The van der Waals surface area contributed by atoms with Gasteiger partial charge in [0.05, 0.1) is 0 Å². The molecule has 0 saturated carbocycles. The summed E-state index contributed by atoms with van der Waals surface area (Å²) >= 11 is 0. The quantitative estimate of drug-likeness (QED) is 0.630. The molecule has 0 heterocycles. The van der Waals surface area contributed by atoms with Gasteiger partial charge >= 0.3 is 5.97 Å². The molecular weight excluding hydrogens is 190 g/mol. The van der Waals surface area contributed by atoms with E-state index in [1.807, 2.05) is 6.92 Å². The number of aliphatic carboxylic acids is 1. The van der Waals surface area contributed by atoms with Gasteiger partial charge in [-0.15, -0.1) is 0 Å². The van der Waals surface area contributed by atoms with Gasteiger partial charge in [0.1, 0.15) is 6.04 Å². The van der Waals surface area contributed by atoms with Crippen molar-refractivity contribution in [3.05, 3.63) is 0 Å². The Bertz CT molecular complexity index is 184. The minimum atomic E-state index is -1.02. The lowest BCUT2D eigenvalue weighted by molar-refractivity contribution is -0.138. The van der Waals surface area contributed by atoms with Crippen LogP contribution in [-0.2, 0) is 15.6 Å². The summed E-state index contributed by atoms with van der Waals surface area (Å²) in [5.41, 5.74) is 5.26. The fourth-order valence-electron chi connectivity index (χ4n) is 0.789. The topological polar surface area (TPSA) is 80.4 Å². The van der Waals surface area contributed by atoms with Crippen molar-refractivity contribution in [1.82, 2.24) is 0 Å². The lowest BCUT2D eigenvalue weighted by Crippen LogP contribution is -2.31. The number of hydrogen-bond acceptors (Lipinski definition) is 3. The Balaban J connectivity index is 3.52. The third kappa shape index (κ3) is 6.72. The zero-order chi connectivity index (χ0) is 10.3. The molecule has 1 unspecified atom stereocenters. The van der Waals surface area contributed by atoms with Crippen molar-refractivity contribution in [1.29, 1.82) is 0 Å². The largest absolute Gasteiger partial charge is 0.480 e. The van der Waals surface area contributed by atoms with Crippen LogP contribution in [0.15, 0.2) is 0 Å². The van der Waals surface area contributed by atoms with Crippen molar-refractivity contribution in [2.45, 2.75) is 32.2 Å². The molecule has 0 amide bonds. The third-order valence-corrected chi connectivity index (χ3v) is 3.13. The van der Waals surface area contributed by atoms with Gasteiger partial charge in [0.2, 0.25) is 0 Å². The highest BCUT2D eigenvalue weighted by molar-refractivity contribution is 7.84. The van der Waals surface area contributed by atoms with Gasteiger partial charge in [0, 0.05) is 22.3 Å². The van der Waals surface area contributed by atoms with Crippen LogP contribution in [0.5, 0.6) is 0 Å². The molecule has 0 aromatic carbocycles. The summed E-state index contributed by atoms with van der Waals surface area (Å²) in [6.07, 6.45) is 2.23. The highest BCUT2D eigenvalue weighted by Crippen LogP contribution is 1.96. The number of hydrogen-bond donors (Lipinski definition) is 2. The molecule has 0 aromatic heterocycles. The lowest BCUT2D eigenvalue weighted by atomic mass is 10.2. The molecule has 0 aliphatic rings. The molecule has 3 N–H and O–H groups in total. The summed E-state index contributed by atoms with van der Waals surface area (Å²) < 4.78 is 11.2. The number of rotatable bonds is 7. The molecule has 0 radical (unpaired) electrons. The predicted octanol–water partition coefficient (Wildman–Crippen LogP) is 0.337.